The van der Waals surface area contributed by atoms with E-state index >= 15 is 0 Å². The van der Waals surface area contributed by atoms with Crippen molar-refractivity contribution in [3.8, 4) is 5.75 Å². The van der Waals surface area contributed by atoms with Crippen molar-refractivity contribution >= 4 is 27.3 Å². The second-order valence-electron chi connectivity index (χ2n) is 3.05. The first-order chi connectivity index (χ1) is 7.48. The van der Waals surface area contributed by atoms with Gasteiger partial charge in [-0.25, -0.2) is 8.42 Å². The topological polar surface area (TPSA) is 85.1 Å². The van der Waals surface area contributed by atoms with Gasteiger partial charge in [-0.05, 0) is 6.07 Å². The molecular weight excluding hydrogens is 252 g/mol. The summed E-state index contributed by atoms with van der Waals surface area (Å²) in [6.45, 7) is 0.287. The molecule has 0 aliphatic carbocycles. The van der Waals surface area contributed by atoms with E-state index in [1.807, 2.05) is 0 Å². The third kappa shape index (κ3) is 3.55. The average Bonchev–Trinajstić information content (AvgIpc) is 2.17. The number of rotatable bonds is 5. The fourth-order valence-electron chi connectivity index (χ4n) is 1.10. The summed E-state index contributed by atoms with van der Waals surface area (Å²) in [6.07, 6.45) is 0. The van der Waals surface area contributed by atoms with Gasteiger partial charge >= 0.3 is 0 Å². The number of hydrogen-bond donors (Lipinski definition) is 1. The molecular formula is C9H13ClN2O3S. The predicted octanol–water partition coefficient (Wildman–Crippen LogP) is 0.925. The highest BCUT2D eigenvalue weighted by molar-refractivity contribution is 7.94. The van der Waals surface area contributed by atoms with Crippen molar-refractivity contribution in [1.29, 1.82) is 0 Å². The van der Waals surface area contributed by atoms with Crippen molar-refractivity contribution in [2.24, 2.45) is 0 Å². The summed E-state index contributed by atoms with van der Waals surface area (Å²) in [6, 6.07) is 4.55. The highest BCUT2D eigenvalue weighted by Crippen LogP contribution is 2.32. The molecule has 0 heterocycles. The van der Waals surface area contributed by atoms with E-state index in [1.54, 1.807) is 6.07 Å². The van der Waals surface area contributed by atoms with E-state index in [0.717, 1.165) is 0 Å². The van der Waals surface area contributed by atoms with Crippen LogP contribution in [0, 0.1) is 0 Å². The van der Waals surface area contributed by atoms with E-state index < -0.39 is 10.0 Å². The van der Waals surface area contributed by atoms with Crippen LogP contribution in [0.25, 0.3) is 4.72 Å². The molecule has 3 N–H and O–H groups in total. The monoisotopic (exact) mass is 264 g/mol. The van der Waals surface area contributed by atoms with Gasteiger partial charge in [-0.1, -0.05) is 23.7 Å². The van der Waals surface area contributed by atoms with Crippen molar-refractivity contribution < 1.29 is 18.9 Å². The van der Waals surface area contributed by atoms with Gasteiger partial charge in [0.2, 0.25) is 0 Å². The Hall–Kier alpha value is -0.980. The van der Waals surface area contributed by atoms with Crippen LogP contribution in [0.15, 0.2) is 18.2 Å². The highest BCUT2D eigenvalue weighted by atomic mass is 35.5. The predicted molar refractivity (Wildman–Crippen MR) is 62.6 cm³/mol. The van der Waals surface area contributed by atoms with Gasteiger partial charge in [-0.2, -0.15) is 0 Å². The summed E-state index contributed by atoms with van der Waals surface area (Å²) in [4.78, 5) is 0. The van der Waals surface area contributed by atoms with E-state index in [2.05, 4.69) is 10.5 Å². The average molecular weight is 265 g/mol. The molecule has 5 nitrogen and oxygen atoms in total. The van der Waals surface area contributed by atoms with Gasteiger partial charge < -0.3 is 15.2 Å². The molecule has 0 atom stereocenters. The Balaban J connectivity index is 2.87. The second kappa shape index (κ2) is 5.38. The maximum atomic E-state index is 11.4. The molecule has 0 radical (unpaired) electrons. The number of hydrogen-bond acceptors (Lipinski definition) is 3. The Morgan fingerprint density at radius 2 is 2.19 bits per heavy atom. The van der Waals surface area contributed by atoms with Crippen LogP contribution < -0.4 is 10.5 Å². The molecule has 0 aliphatic rings. The minimum absolute atomic E-state index is 0.0728. The largest absolute Gasteiger partial charge is 0.577 e. The van der Waals surface area contributed by atoms with Gasteiger partial charge in [0.15, 0.2) is 0 Å². The molecule has 0 bridgehead atoms. The Labute approximate surface area is 99.6 Å². The van der Waals surface area contributed by atoms with Crippen LogP contribution >= 0.6 is 11.6 Å². The van der Waals surface area contributed by atoms with Crippen LogP contribution in [0.5, 0.6) is 5.75 Å². The van der Waals surface area contributed by atoms with Gasteiger partial charge in [0, 0.05) is 0 Å². The zero-order chi connectivity index (χ0) is 12.2. The maximum absolute atomic E-state index is 11.4. The first-order valence-corrected chi connectivity index (χ1v) is 6.55. The lowest BCUT2D eigenvalue weighted by Gasteiger charge is -2.21. The number of ether oxygens (including phenoxy) is 1. The smallest absolute Gasteiger partial charge is 0.137 e. The van der Waals surface area contributed by atoms with Crippen molar-refractivity contribution in [2.45, 2.75) is 0 Å². The highest BCUT2D eigenvalue weighted by Gasteiger charge is 2.02. The SMILES string of the molecule is COc1ccc([N-]S(=O)(=O)CC[NH3+])cc1Cl. The summed E-state index contributed by atoms with van der Waals surface area (Å²) in [5, 5.41) is 0.327. The van der Waals surface area contributed by atoms with Crippen molar-refractivity contribution in [3.63, 3.8) is 0 Å². The standard InChI is InChI=1S/C9H12ClN2O3S/c1-15-9-3-2-7(6-8(9)10)12-16(13,14)5-4-11/h2-3,6H,4-5,11H2,1H3/q-1/p+1. The summed E-state index contributed by atoms with van der Waals surface area (Å²) in [5.41, 5.74) is 3.76. The summed E-state index contributed by atoms with van der Waals surface area (Å²) < 4.78 is 31.3. The minimum Gasteiger partial charge on any atom is -0.577 e. The third-order valence-corrected chi connectivity index (χ3v) is 3.37. The maximum Gasteiger partial charge on any atom is 0.137 e. The van der Waals surface area contributed by atoms with Gasteiger partial charge in [-0.3, -0.25) is 0 Å². The van der Waals surface area contributed by atoms with Gasteiger partial charge in [0.05, 0.1) is 34.5 Å². The van der Waals surface area contributed by atoms with Crippen LogP contribution in [0.2, 0.25) is 5.02 Å². The lowest BCUT2D eigenvalue weighted by atomic mass is 10.3. The third-order valence-electron chi connectivity index (χ3n) is 1.78. The normalized spacial score (nSPS) is 11.2. The minimum atomic E-state index is -3.46. The lowest BCUT2D eigenvalue weighted by Crippen LogP contribution is -2.52. The number of quaternary nitrogens is 1. The molecule has 0 aliphatic heterocycles. The molecule has 1 aromatic carbocycles. The molecule has 7 heteroatoms. The fraction of sp³-hybridized carbons (Fsp3) is 0.333. The second-order valence-corrected chi connectivity index (χ2v) is 5.21. The first-order valence-electron chi connectivity index (χ1n) is 4.57. The van der Waals surface area contributed by atoms with Crippen LogP contribution in [0.1, 0.15) is 0 Å². The molecule has 90 valence electrons. The zero-order valence-corrected chi connectivity index (χ0v) is 10.4. The number of methoxy groups -OCH3 is 1. The van der Waals surface area contributed by atoms with Gasteiger partial charge in [-0.15, -0.1) is 5.69 Å². The van der Waals surface area contributed by atoms with E-state index in [9.17, 15) is 8.42 Å². The van der Waals surface area contributed by atoms with Crippen LogP contribution in [-0.2, 0) is 10.0 Å². The molecule has 0 amide bonds. The van der Waals surface area contributed by atoms with E-state index in [0.29, 0.717) is 16.5 Å². The Morgan fingerprint density at radius 3 is 2.69 bits per heavy atom. The Kier molecular flexibility index (Phi) is 4.40. The Bertz CT molecular complexity index is 462. The quantitative estimate of drug-likeness (QED) is 0.858. The molecule has 0 unspecified atom stereocenters. The molecule has 0 saturated carbocycles. The molecule has 0 saturated heterocycles. The molecule has 0 spiro atoms. The summed E-state index contributed by atoms with van der Waals surface area (Å²) >= 11 is 5.84. The molecule has 1 aromatic rings. The summed E-state index contributed by atoms with van der Waals surface area (Å²) in [5.74, 6) is 0.409. The van der Waals surface area contributed by atoms with E-state index in [4.69, 9.17) is 16.3 Å². The lowest BCUT2D eigenvalue weighted by molar-refractivity contribution is -0.360. The number of nitrogens with zero attached hydrogens (tertiary/aromatic N) is 1. The molecule has 16 heavy (non-hydrogen) atoms. The van der Waals surface area contributed by atoms with Crippen molar-refractivity contribution in [1.82, 2.24) is 0 Å². The Morgan fingerprint density at radius 1 is 1.50 bits per heavy atom. The number of benzene rings is 1. The van der Waals surface area contributed by atoms with Crippen LogP contribution in [0.3, 0.4) is 0 Å². The van der Waals surface area contributed by atoms with Gasteiger partial charge in [0.25, 0.3) is 0 Å². The fourth-order valence-corrected chi connectivity index (χ4v) is 2.24. The van der Waals surface area contributed by atoms with Crippen molar-refractivity contribution in [2.75, 3.05) is 19.4 Å². The van der Waals surface area contributed by atoms with Crippen molar-refractivity contribution in [3.05, 3.63) is 27.9 Å². The first kappa shape index (κ1) is 13.1. The summed E-state index contributed by atoms with van der Waals surface area (Å²) in [7, 11) is -1.97. The zero-order valence-electron chi connectivity index (χ0n) is 8.81. The van der Waals surface area contributed by atoms with E-state index in [-0.39, 0.29) is 12.3 Å². The van der Waals surface area contributed by atoms with E-state index in [1.165, 1.54) is 19.2 Å². The number of sulfonamides is 1. The molecule has 0 fully saturated rings. The molecule has 1 rings (SSSR count). The van der Waals surface area contributed by atoms with Crippen LogP contribution in [-0.4, -0.2) is 27.8 Å². The molecule has 0 aromatic heterocycles. The number of halogens is 1. The van der Waals surface area contributed by atoms with Gasteiger partial charge in [0.1, 0.15) is 5.75 Å². The van der Waals surface area contributed by atoms with Crippen LogP contribution in [0.4, 0.5) is 5.69 Å².